The standard InChI is InChI=1S/C22H21ClFNO4/c1-25(20(27)14-29-21(28)15-9-11-16(24)12-10-15)22(13-5-4-8-19(22)26)17-6-2-3-7-18(17)23/h2-3,6-7,9-12H,4-5,8,13-14H2,1H3. The molecule has 1 amide bonds. The summed E-state index contributed by atoms with van der Waals surface area (Å²) in [6, 6.07) is 11.8. The maximum atomic E-state index is 13.0. The Morgan fingerprint density at radius 3 is 2.48 bits per heavy atom. The van der Waals surface area contributed by atoms with Crippen molar-refractivity contribution in [1.82, 2.24) is 4.90 Å². The van der Waals surface area contributed by atoms with Crippen molar-refractivity contribution in [1.29, 1.82) is 0 Å². The van der Waals surface area contributed by atoms with Crippen molar-refractivity contribution >= 4 is 29.3 Å². The predicted molar refractivity (Wildman–Crippen MR) is 106 cm³/mol. The minimum atomic E-state index is -1.18. The van der Waals surface area contributed by atoms with Crippen LogP contribution < -0.4 is 0 Å². The SMILES string of the molecule is CN(C(=O)COC(=O)c1ccc(F)cc1)C1(c2ccccc2Cl)CCCCC1=O. The van der Waals surface area contributed by atoms with Crippen LogP contribution in [0.25, 0.3) is 0 Å². The van der Waals surface area contributed by atoms with E-state index in [9.17, 15) is 18.8 Å². The second-order valence-electron chi connectivity index (χ2n) is 7.01. The number of likely N-dealkylation sites (N-methyl/N-ethyl adjacent to an activating group) is 1. The number of Topliss-reactive ketones (excluding diaryl/α,β-unsaturated/α-hetero) is 1. The van der Waals surface area contributed by atoms with E-state index in [1.54, 1.807) is 24.3 Å². The summed E-state index contributed by atoms with van der Waals surface area (Å²) in [6.07, 6.45) is 2.32. The summed E-state index contributed by atoms with van der Waals surface area (Å²) in [7, 11) is 1.53. The lowest BCUT2D eigenvalue weighted by Crippen LogP contribution is -2.55. The smallest absolute Gasteiger partial charge is 0.338 e. The number of hydrogen-bond acceptors (Lipinski definition) is 4. The predicted octanol–water partition coefficient (Wildman–Crippen LogP) is 4.13. The molecule has 0 saturated heterocycles. The number of carbonyl (C=O) groups excluding carboxylic acids is 3. The van der Waals surface area contributed by atoms with Gasteiger partial charge in [-0.2, -0.15) is 0 Å². The van der Waals surface area contributed by atoms with Crippen molar-refractivity contribution < 1.29 is 23.5 Å². The van der Waals surface area contributed by atoms with Crippen LogP contribution in [0.15, 0.2) is 48.5 Å². The number of ketones is 1. The van der Waals surface area contributed by atoms with Gasteiger partial charge < -0.3 is 9.64 Å². The lowest BCUT2D eigenvalue weighted by atomic mass is 9.74. The second kappa shape index (κ2) is 8.74. The van der Waals surface area contributed by atoms with Crippen LogP contribution in [0, 0.1) is 5.82 Å². The van der Waals surface area contributed by atoms with Gasteiger partial charge in [0.1, 0.15) is 11.4 Å². The molecule has 0 heterocycles. The number of hydrogen-bond donors (Lipinski definition) is 0. The van der Waals surface area contributed by atoms with Crippen LogP contribution in [0.2, 0.25) is 5.02 Å². The molecule has 0 aliphatic heterocycles. The molecule has 0 aromatic heterocycles. The number of rotatable bonds is 5. The van der Waals surface area contributed by atoms with Crippen LogP contribution in [0.1, 0.15) is 41.6 Å². The van der Waals surface area contributed by atoms with Crippen LogP contribution >= 0.6 is 11.6 Å². The van der Waals surface area contributed by atoms with E-state index in [1.165, 1.54) is 24.1 Å². The van der Waals surface area contributed by atoms with E-state index in [1.807, 2.05) is 0 Å². The van der Waals surface area contributed by atoms with Gasteiger partial charge in [-0.05, 0) is 49.6 Å². The number of amides is 1. The quantitative estimate of drug-likeness (QED) is 0.686. The summed E-state index contributed by atoms with van der Waals surface area (Å²) in [5, 5.41) is 0.408. The zero-order valence-corrected chi connectivity index (χ0v) is 16.7. The highest BCUT2D eigenvalue weighted by molar-refractivity contribution is 6.31. The molecule has 1 fully saturated rings. The summed E-state index contributed by atoms with van der Waals surface area (Å²) in [5.41, 5.74) is -0.473. The van der Waals surface area contributed by atoms with Crippen molar-refractivity contribution in [3.05, 3.63) is 70.5 Å². The van der Waals surface area contributed by atoms with Crippen LogP contribution in [0.5, 0.6) is 0 Å². The van der Waals surface area contributed by atoms with Gasteiger partial charge in [-0.25, -0.2) is 9.18 Å². The molecule has 1 saturated carbocycles. The molecule has 7 heteroatoms. The molecule has 5 nitrogen and oxygen atoms in total. The molecule has 29 heavy (non-hydrogen) atoms. The van der Waals surface area contributed by atoms with Gasteiger partial charge in [0.2, 0.25) is 0 Å². The molecular formula is C22H21ClFNO4. The van der Waals surface area contributed by atoms with E-state index in [2.05, 4.69) is 0 Å². The highest BCUT2D eigenvalue weighted by Gasteiger charge is 2.47. The summed E-state index contributed by atoms with van der Waals surface area (Å²) >= 11 is 6.38. The van der Waals surface area contributed by atoms with E-state index < -0.39 is 29.8 Å². The van der Waals surface area contributed by atoms with Crippen LogP contribution in [0.4, 0.5) is 4.39 Å². The van der Waals surface area contributed by atoms with Gasteiger partial charge >= 0.3 is 5.97 Å². The first-order valence-corrected chi connectivity index (χ1v) is 9.71. The zero-order valence-electron chi connectivity index (χ0n) is 16.0. The first kappa shape index (κ1) is 21.0. The number of esters is 1. The number of nitrogens with zero attached hydrogens (tertiary/aromatic N) is 1. The number of ether oxygens (including phenoxy) is 1. The minimum absolute atomic E-state index is 0.0856. The molecule has 152 valence electrons. The first-order valence-electron chi connectivity index (χ1n) is 9.34. The Labute approximate surface area is 173 Å². The van der Waals surface area contributed by atoms with E-state index in [0.717, 1.165) is 25.0 Å². The van der Waals surface area contributed by atoms with E-state index >= 15 is 0 Å². The molecule has 1 aliphatic rings. The summed E-state index contributed by atoms with van der Waals surface area (Å²) in [6.45, 7) is -0.536. The number of carbonyl (C=O) groups is 3. The maximum absolute atomic E-state index is 13.0. The maximum Gasteiger partial charge on any atom is 0.338 e. The fraction of sp³-hybridized carbons (Fsp3) is 0.318. The summed E-state index contributed by atoms with van der Waals surface area (Å²) < 4.78 is 18.1. The largest absolute Gasteiger partial charge is 0.452 e. The number of benzene rings is 2. The van der Waals surface area contributed by atoms with E-state index in [0.29, 0.717) is 23.4 Å². The lowest BCUT2D eigenvalue weighted by molar-refractivity contribution is -0.150. The third-order valence-electron chi connectivity index (χ3n) is 5.33. The molecule has 0 N–H and O–H groups in total. The average molecular weight is 418 g/mol. The van der Waals surface area contributed by atoms with Crippen LogP contribution in [0.3, 0.4) is 0 Å². The molecule has 1 aliphatic carbocycles. The summed E-state index contributed by atoms with van der Waals surface area (Å²) in [4.78, 5) is 39.3. The third-order valence-corrected chi connectivity index (χ3v) is 5.66. The fourth-order valence-corrected chi connectivity index (χ4v) is 4.03. The highest BCUT2D eigenvalue weighted by atomic mass is 35.5. The summed E-state index contributed by atoms with van der Waals surface area (Å²) in [5.74, 6) is -1.82. The molecule has 1 atom stereocenters. The van der Waals surface area contributed by atoms with Crippen molar-refractivity contribution in [2.75, 3.05) is 13.7 Å². The van der Waals surface area contributed by atoms with E-state index in [-0.39, 0.29) is 11.3 Å². The average Bonchev–Trinajstić information content (AvgIpc) is 2.73. The first-order chi connectivity index (χ1) is 13.9. The van der Waals surface area contributed by atoms with E-state index in [4.69, 9.17) is 16.3 Å². The molecule has 0 bridgehead atoms. The Balaban J connectivity index is 1.81. The van der Waals surface area contributed by atoms with Crippen LogP contribution in [-0.2, 0) is 19.9 Å². The number of halogens is 2. The van der Waals surface area contributed by atoms with Crippen molar-refractivity contribution in [3.63, 3.8) is 0 Å². The zero-order chi connectivity index (χ0) is 21.0. The molecule has 2 aromatic carbocycles. The second-order valence-corrected chi connectivity index (χ2v) is 7.41. The molecule has 0 spiro atoms. The van der Waals surface area contributed by atoms with Gasteiger partial charge in [-0.3, -0.25) is 9.59 Å². The van der Waals surface area contributed by atoms with Crippen LogP contribution in [-0.4, -0.2) is 36.2 Å². The normalized spacial score (nSPS) is 18.9. The minimum Gasteiger partial charge on any atom is -0.452 e. The molecule has 0 radical (unpaired) electrons. The molecular weight excluding hydrogens is 397 g/mol. The van der Waals surface area contributed by atoms with Gasteiger partial charge in [0.25, 0.3) is 5.91 Å². The Morgan fingerprint density at radius 2 is 1.83 bits per heavy atom. The highest BCUT2D eigenvalue weighted by Crippen LogP contribution is 2.42. The Hall–Kier alpha value is -2.73. The molecule has 1 unspecified atom stereocenters. The molecule has 3 rings (SSSR count). The van der Waals surface area contributed by atoms with Gasteiger partial charge in [0, 0.05) is 24.1 Å². The van der Waals surface area contributed by atoms with Gasteiger partial charge in [0.15, 0.2) is 12.4 Å². The van der Waals surface area contributed by atoms with Gasteiger partial charge in [-0.1, -0.05) is 29.8 Å². The fourth-order valence-electron chi connectivity index (χ4n) is 3.74. The Morgan fingerprint density at radius 1 is 1.14 bits per heavy atom. The van der Waals surface area contributed by atoms with Gasteiger partial charge in [-0.15, -0.1) is 0 Å². The Bertz CT molecular complexity index is 931. The van der Waals surface area contributed by atoms with Crippen molar-refractivity contribution in [2.24, 2.45) is 0 Å². The van der Waals surface area contributed by atoms with Crippen molar-refractivity contribution in [2.45, 2.75) is 31.2 Å². The van der Waals surface area contributed by atoms with Crippen molar-refractivity contribution in [3.8, 4) is 0 Å². The third kappa shape index (κ3) is 4.17. The monoisotopic (exact) mass is 417 g/mol. The lowest BCUT2D eigenvalue weighted by Gasteiger charge is -2.43. The Kier molecular flexibility index (Phi) is 6.33. The molecule has 2 aromatic rings. The van der Waals surface area contributed by atoms with Gasteiger partial charge in [0.05, 0.1) is 5.56 Å². The topological polar surface area (TPSA) is 63.7 Å².